The molecule has 0 aromatic rings. The van der Waals surface area contributed by atoms with Gasteiger partial charge in [0.2, 0.25) is 0 Å². The summed E-state index contributed by atoms with van der Waals surface area (Å²) in [6.45, 7) is 14.5. The predicted molar refractivity (Wildman–Crippen MR) is 84.5 cm³/mol. The molecule has 4 heteroatoms. The zero-order valence-electron chi connectivity index (χ0n) is 11.9. The lowest BCUT2D eigenvalue weighted by molar-refractivity contribution is 0.187. The molecule has 0 bridgehead atoms. The van der Waals surface area contributed by atoms with E-state index in [-0.39, 0.29) is 0 Å². The molecule has 0 atom stereocenters. The molecule has 3 nitrogen and oxygen atoms in total. The van der Waals surface area contributed by atoms with Gasteiger partial charge in [-0.25, -0.2) is 0 Å². The van der Waals surface area contributed by atoms with Gasteiger partial charge < -0.3 is 14.7 Å². The normalized spacial score (nSPS) is 24.4. The Balaban J connectivity index is 2.26. The van der Waals surface area contributed by atoms with E-state index in [1.165, 1.54) is 11.3 Å². The van der Waals surface area contributed by atoms with Crippen molar-refractivity contribution in [2.45, 2.75) is 6.92 Å². The molecule has 104 valence electrons. The van der Waals surface area contributed by atoms with Gasteiger partial charge in [0.15, 0.2) is 0 Å². The monoisotopic (exact) mass is 277 g/mol. The number of thioether (sulfide) groups is 1. The average molecular weight is 277 g/mol. The third-order valence-electron chi connectivity index (χ3n) is 3.66. The fourth-order valence-corrected chi connectivity index (χ4v) is 3.23. The Morgan fingerprint density at radius 1 is 1.26 bits per heavy atom. The Labute approximate surface area is 120 Å². The highest BCUT2D eigenvalue weighted by Gasteiger charge is 2.22. The van der Waals surface area contributed by atoms with Gasteiger partial charge >= 0.3 is 0 Å². The van der Waals surface area contributed by atoms with Gasteiger partial charge in [0.05, 0.1) is 10.7 Å². The first kappa shape index (κ1) is 14.3. The Morgan fingerprint density at radius 3 is 2.53 bits per heavy atom. The number of likely N-dealkylation sites (N-methyl/N-ethyl adjacent to an activating group) is 1. The van der Waals surface area contributed by atoms with Crippen molar-refractivity contribution in [3.8, 4) is 0 Å². The molecule has 0 spiro atoms. The van der Waals surface area contributed by atoms with Crippen LogP contribution in [0.25, 0.3) is 0 Å². The average Bonchev–Trinajstić information content (AvgIpc) is 2.58. The van der Waals surface area contributed by atoms with Crippen LogP contribution in [0.1, 0.15) is 6.92 Å². The lowest BCUT2D eigenvalue weighted by atomic mass is 10.1. The van der Waals surface area contributed by atoms with Crippen molar-refractivity contribution in [1.29, 1.82) is 0 Å². The summed E-state index contributed by atoms with van der Waals surface area (Å²) in [5.74, 6) is 0.984. The smallest absolute Gasteiger partial charge is 0.0719 e. The quantitative estimate of drug-likeness (QED) is 0.767. The summed E-state index contributed by atoms with van der Waals surface area (Å²) in [7, 11) is 2.18. The van der Waals surface area contributed by atoms with Crippen molar-refractivity contribution in [1.82, 2.24) is 14.7 Å². The Bertz CT molecular complexity index is 417. The highest BCUT2D eigenvalue weighted by atomic mass is 32.2. The molecule has 1 saturated heterocycles. The number of nitrogens with zero attached hydrogens (tertiary/aromatic N) is 3. The molecular formula is C15H23N3S. The van der Waals surface area contributed by atoms with Crippen LogP contribution in [-0.4, -0.2) is 53.7 Å². The van der Waals surface area contributed by atoms with Crippen LogP contribution >= 0.6 is 11.8 Å². The zero-order valence-corrected chi connectivity index (χ0v) is 12.7. The fourth-order valence-electron chi connectivity index (χ4n) is 2.31. The van der Waals surface area contributed by atoms with E-state index in [1.54, 1.807) is 11.8 Å². The van der Waals surface area contributed by atoms with Crippen LogP contribution in [0, 0.1) is 0 Å². The largest absolute Gasteiger partial charge is 0.368 e. The summed E-state index contributed by atoms with van der Waals surface area (Å²) < 4.78 is 0. The van der Waals surface area contributed by atoms with Gasteiger partial charge in [-0.2, -0.15) is 0 Å². The minimum Gasteiger partial charge on any atom is -0.368 e. The maximum Gasteiger partial charge on any atom is 0.0719 e. The molecule has 1 fully saturated rings. The molecule has 0 N–H and O–H groups in total. The minimum atomic E-state index is 0.984. The Morgan fingerprint density at radius 2 is 1.95 bits per heavy atom. The van der Waals surface area contributed by atoms with Gasteiger partial charge in [0, 0.05) is 44.3 Å². The maximum absolute atomic E-state index is 4.11. The number of hydrogen-bond acceptors (Lipinski definition) is 4. The van der Waals surface area contributed by atoms with Crippen molar-refractivity contribution in [2.75, 3.05) is 39.0 Å². The summed E-state index contributed by atoms with van der Waals surface area (Å²) >= 11 is 1.78. The maximum atomic E-state index is 4.11. The number of allylic oxidation sites excluding steroid dienone is 2. The highest BCUT2D eigenvalue weighted by Crippen LogP contribution is 2.31. The molecule has 2 aliphatic heterocycles. The van der Waals surface area contributed by atoms with Gasteiger partial charge in [0.1, 0.15) is 0 Å². The van der Waals surface area contributed by atoms with E-state index >= 15 is 0 Å². The standard InChI is InChI=1S/C15H23N3S/c1-5-14-12-19-13(3)17(6-2)11-15(14)18-9-7-16(4)8-10-18/h5-6,11H,2-3,7-10,12H2,1,4H3/b14-5+. The molecular weight excluding hydrogens is 254 g/mol. The van der Waals surface area contributed by atoms with Gasteiger partial charge in [0.25, 0.3) is 0 Å². The summed E-state index contributed by atoms with van der Waals surface area (Å²) in [5, 5.41) is 1.04. The van der Waals surface area contributed by atoms with Gasteiger partial charge in [-0.05, 0) is 19.5 Å². The first-order valence-electron chi connectivity index (χ1n) is 6.69. The van der Waals surface area contributed by atoms with E-state index in [1.807, 2.05) is 11.1 Å². The molecule has 0 aliphatic carbocycles. The molecule has 2 rings (SSSR count). The summed E-state index contributed by atoms with van der Waals surface area (Å²) in [5.41, 5.74) is 2.71. The second-order valence-corrected chi connectivity index (χ2v) is 5.94. The second-order valence-electron chi connectivity index (χ2n) is 4.89. The van der Waals surface area contributed by atoms with E-state index in [2.05, 4.69) is 49.2 Å². The second kappa shape index (κ2) is 6.35. The number of rotatable bonds is 2. The lowest BCUT2D eigenvalue weighted by Crippen LogP contribution is -2.44. The van der Waals surface area contributed by atoms with Crippen molar-refractivity contribution in [2.24, 2.45) is 0 Å². The minimum absolute atomic E-state index is 0.984. The molecule has 19 heavy (non-hydrogen) atoms. The van der Waals surface area contributed by atoms with Crippen LogP contribution < -0.4 is 0 Å². The van der Waals surface area contributed by atoms with Crippen molar-refractivity contribution >= 4 is 11.8 Å². The Hall–Kier alpha value is -1.13. The highest BCUT2D eigenvalue weighted by molar-refractivity contribution is 8.03. The van der Waals surface area contributed by atoms with E-state index < -0.39 is 0 Å². The van der Waals surface area contributed by atoms with Crippen molar-refractivity contribution in [3.63, 3.8) is 0 Å². The molecule has 2 aliphatic rings. The predicted octanol–water partition coefficient (Wildman–Crippen LogP) is 2.69. The van der Waals surface area contributed by atoms with Crippen LogP contribution in [0.3, 0.4) is 0 Å². The van der Waals surface area contributed by atoms with Gasteiger partial charge in [-0.15, -0.1) is 11.8 Å². The first-order chi connectivity index (χ1) is 9.15. The van der Waals surface area contributed by atoms with Crippen LogP contribution in [0.2, 0.25) is 0 Å². The molecule has 0 aromatic heterocycles. The van der Waals surface area contributed by atoms with Crippen LogP contribution in [-0.2, 0) is 0 Å². The van der Waals surface area contributed by atoms with E-state index in [0.29, 0.717) is 0 Å². The third kappa shape index (κ3) is 3.25. The Kier molecular flexibility index (Phi) is 4.77. The molecule has 2 heterocycles. The van der Waals surface area contributed by atoms with Crippen LogP contribution in [0.4, 0.5) is 0 Å². The van der Waals surface area contributed by atoms with Crippen molar-refractivity contribution in [3.05, 3.63) is 47.9 Å². The molecule has 0 unspecified atom stereocenters. The van der Waals surface area contributed by atoms with E-state index in [4.69, 9.17) is 0 Å². The van der Waals surface area contributed by atoms with Crippen LogP contribution in [0.5, 0.6) is 0 Å². The summed E-state index contributed by atoms with van der Waals surface area (Å²) in [6.07, 6.45) is 6.23. The SMILES string of the molecule is C=CN1C=C(N2CCN(C)CC2)/C(=C/C)CSC1=C. The number of hydrogen-bond donors (Lipinski definition) is 0. The number of piperazine rings is 1. The molecule has 0 saturated carbocycles. The van der Waals surface area contributed by atoms with E-state index in [0.717, 1.165) is 37.0 Å². The topological polar surface area (TPSA) is 9.72 Å². The van der Waals surface area contributed by atoms with Gasteiger partial charge in [-0.1, -0.05) is 19.2 Å². The fraction of sp³-hybridized carbons (Fsp3) is 0.467. The zero-order chi connectivity index (χ0) is 13.8. The summed E-state index contributed by atoms with van der Waals surface area (Å²) in [6, 6.07) is 0. The van der Waals surface area contributed by atoms with Crippen molar-refractivity contribution < 1.29 is 0 Å². The molecule has 0 radical (unpaired) electrons. The summed E-state index contributed by atoms with van der Waals surface area (Å²) in [4.78, 5) is 6.89. The third-order valence-corrected chi connectivity index (χ3v) is 4.66. The molecule has 0 amide bonds. The van der Waals surface area contributed by atoms with E-state index in [9.17, 15) is 0 Å². The van der Waals surface area contributed by atoms with Gasteiger partial charge in [-0.3, -0.25) is 0 Å². The lowest BCUT2D eigenvalue weighted by Gasteiger charge is -2.36. The van der Waals surface area contributed by atoms with Crippen LogP contribution in [0.15, 0.2) is 47.9 Å². The first-order valence-corrected chi connectivity index (χ1v) is 7.67. The molecule has 0 aromatic carbocycles.